The molecule has 1 aromatic rings. The van der Waals surface area contributed by atoms with Gasteiger partial charge in [-0.15, -0.1) is 11.8 Å². The number of hydrogen-bond donors (Lipinski definition) is 1. The van der Waals surface area contributed by atoms with Crippen LogP contribution in [0.2, 0.25) is 0 Å². The van der Waals surface area contributed by atoms with Gasteiger partial charge in [-0.2, -0.15) is 0 Å². The molecule has 2 rings (SSSR count). The standard InChI is InChI=1S/C15H21NO3S/c1-11(2)15(18)9-16(10-15)14(17)8-20-13-6-4-12(19-3)5-7-13/h4-7,11,18H,8-10H2,1-3H3. The normalized spacial score (nSPS) is 16.9. The van der Waals surface area contributed by atoms with Crippen molar-refractivity contribution in [2.75, 3.05) is 26.0 Å². The Hall–Kier alpha value is -1.20. The fourth-order valence-corrected chi connectivity index (χ4v) is 2.87. The second kappa shape index (κ2) is 6.06. The number of carbonyl (C=O) groups excluding carboxylic acids is 1. The Labute approximate surface area is 124 Å². The summed E-state index contributed by atoms with van der Waals surface area (Å²) < 4.78 is 5.09. The number of aliphatic hydroxyl groups is 1. The van der Waals surface area contributed by atoms with Gasteiger partial charge in [0.2, 0.25) is 5.91 Å². The Morgan fingerprint density at radius 2 is 2.00 bits per heavy atom. The van der Waals surface area contributed by atoms with E-state index >= 15 is 0 Å². The molecular formula is C15H21NO3S. The summed E-state index contributed by atoms with van der Waals surface area (Å²) in [6, 6.07) is 7.65. The van der Waals surface area contributed by atoms with Crippen LogP contribution in [0.4, 0.5) is 0 Å². The molecule has 0 radical (unpaired) electrons. The summed E-state index contributed by atoms with van der Waals surface area (Å²) >= 11 is 1.51. The minimum atomic E-state index is -0.694. The summed E-state index contributed by atoms with van der Waals surface area (Å²) in [7, 11) is 1.63. The van der Waals surface area contributed by atoms with Crippen LogP contribution >= 0.6 is 11.8 Å². The molecule has 1 saturated heterocycles. The molecule has 0 saturated carbocycles. The summed E-state index contributed by atoms with van der Waals surface area (Å²) in [6.07, 6.45) is 0. The molecule has 20 heavy (non-hydrogen) atoms. The van der Waals surface area contributed by atoms with E-state index < -0.39 is 5.60 Å². The second-order valence-corrected chi connectivity index (χ2v) is 6.52. The average Bonchev–Trinajstić information content (AvgIpc) is 2.41. The minimum absolute atomic E-state index is 0.0798. The van der Waals surface area contributed by atoms with Gasteiger partial charge in [0.25, 0.3) is 0 Å². The predicted octanol–water partition coefficient (Wildman–Crippen LogP) is 2.02. The Bertz CT molecular complexity index is 467. The number of likely N-dealkylation sites (tertiary alicyclic amines) is 1. The van der Waals surface area contributed by atoms with Gasteiger partial charge in [0.1, 0.15) is 11.4 Å². The summed E-state index contributed by atoms with van der Waals surface area (Å²) in [5, 5.41) is 10.1. The molecule has 1 N–H and O–H groups in total. The van der Waals surface area contributed by atoms with E-state index in [1.807, 2.05) is 38.1 Å². The number of rotatable bonds is 5. The molecule has 4 nitrogen and oxygen atoms in total. The van der Waals surface area contributed by atoms with E-state index in [9.17, 15) is 9.90 Å². The summed E-state index contributed by atoms with van der Waals surface area (Å²) in [5.74, 6) is 1.47. The molecule has 0 aromatic heterocycles. The zero-order valence-electron chi connectivity index (χ0n) is 12.1. The lowest BCUT2D eigenvalue weighted by Gasteiger charge is -2.49. The van der Waals surface area contributed by atoms with E-state index in [1.165, 1.54) is 11.8 Å². The maximum atomic E-state index is 12.0. The number of ether oxygens (including phenoxy) is 1. The topological polar surface area (TPSA) is 49.8 Å². The lowest BCUT2D eigenvalue weighted by molar-refractivity contribution is -0.161. The predicted molar refractivity (Wildman–Crippen MR) is 80.1 cm³/mol. The van der Waals surface area contributed by atoms with E-state index in [2.05, 4.69) is 0 Å². The first-order valence-electron chi connectivity index (χ1n) is 6.71. The second-order valence-electron chi connectivity index (χ2n) is 5.47. The van der Waals surface area contributed by atoms with Crippen LogP contribution in [-0.4, -0.2) is 47.5 Å². The highest BCUT2D eigenvalue weighted by molar-refractivity contribution is 8.00. The van der Waals surface area contributed by atoms with Gasteiger partial charge in [0.05, 0.1) is 26.0 Å². The number of hydrogen-bond acceptors (Lipinski definition) is 4. The minimum Gasteiger partial charge on any atom is -0.497 e. The van der Waals surface area contributed by atoms with Gasteiger partial charge in [0, 0.05) is 4.90 Å². The Balaban J connectivity index is 1.79. The van der Waals surface area contributed by atoms with Crippen LogP contribution in [0.5, 0.6) is 5.75 Å². The van der Waals surface area contributed by atoms with Crippen LogP contribution in [0.1, 0.15) is 13.8 Å². The molecule has 0 atom stereocenters. The van der Waals surface area contributed by atoms with E-state index in [1.54, 1.807) is 12.0 Å². The van der Waals surface area contributed by atoms with E-state index in [0.29, 0.717) is 18.8 Å². The number of thioether (sulfide) groups is 1. The molecule has 5 heteroatoms. The van der Waals surface area contributed by atoms with E-state index in [0.717, 1.165) is 10.6 Å². The van der Waals surface area contributed by atoms with Crippen molar-refractivity contribution >= 4 is 17.7 Å². The Morgan fingerprint density at radius 1 is 1.40 bits per heavy atom. The Morgan fingerprint density at radius 3 is 2.50 bits per heavy atom. The highest BCUT2D eigenvalue weighted by atomic mass is 32.2. The molecule has 1 aromatic carbocycles. The van der Waals surface area contributed by atoms with Crippen molar-refractivity contribution < 1.29 is 14.6 Å². The first-order chi connectivity index (χ1) is 9.44. The molecule has 110 valence electrons. The smallest absolute Gasteiger partial charge is 0.233 e. The number of methoxy groups -OCH3 is 1. The highest BCUT2D eigenvalue weighted by Crippen LogP contribution is 2.30. The van der Waals surface area contributed by atoms with Crippen molar-refractivity contribution in [3.8, 4) is 5.75 Å². The fourth-order valence-electron chi connectivity index (χ4n) is 2.06. The molecule has 1 aliphatic rings. The fraction of sp³-hybridized carbons (Fsp3) is 0.533. The lowest BCUT2D eigenvalue weighted by atomic mass is 9.83. The van der Waals surface area contributed by atoms with Crippen LogP contribution in [0, 0.1) is 5.92 Å². The van der Waals surface area contributed by atoms with Crippen molar-refractivity contribution in [1.82, 2.24) is 4.90 Å². The van der Waals surface area contributed by atoms with Gasteiger partial charge in [-0.3, -0.25) is 4.79 Å². The SMILES string of the molecule is COc1ccc(SCC(=O)N2CC(O)(C(C)C)C2)cc1. The van der Waals surface area contributed by atoms with Crippen LogP contribution in [0.3, 0.4) is 0 Å². The van der Waals surface area contributed by atoms with Gasteiger partial charge < -0.3 is 14.7 Å². The number of nitrogens with zero attached hydrogens (tertiary/aromatic N) is 1. The van der Waals surface area contributed by atoms with Crippen molar-refractivity contribution in [2.45, 2.75) is 24.3 Å². The third-order valence-corrected chi connectivity index (χ3v) is 4.78. The van der Waals surface area contributed by atoms with Crippen molar-refractivity contribution in [3.05, 3.63) is 24.3 Å². The summed E-state index contributed by atoms with van der Waals surface area (Å²) in [5.41, 5.74) is -0.694. The molecule has 1 aliphatic heterocycles. The largest absolute Gasteiger partial charge is 0.497 e. The van der Waals surface area contributed by atoms with Gasteiger partial charge in [-0.1, -0.05) is 13.8 Å². The molecule has 1 amide bonds. The van der Waals surface area contributed by atoms with Gasteiger partial charge in [-0.25, -0.2) is 0 Å². The van der Waals surface area contributed by atoms with E-state index in [-0.39, 0.29) is 11.8 Å². The molecule has 0 aliphatic carbocycles. The molecule has 0 bridgehead atoms. The molecule has 0 unspecified atom stereocenters. The van der Waals surface area contributed by atoms with Crippen LogP contribution < -0.4 is 4.74 Å². The van der Waals surface area contributed by atoms with Crippen LogP contribution in [-0.2, 0) is 4.79 Å². The third kappa shape index (κ3) is 3.27. The quantitative estimate of drug-likeness (QED) is 0.844. The Kier molecular flexibility index (Phi) is 4.60. The molecular weight excluding hydrogens is 274 g/mol. The van der Waals surface area contributed by atoms with Crippen LogP contribution in [0.15, 0.2) is 29.2 Å². The number of β-amino-alcohol motifs (C(OH)–C–C–N with tert-alkyl or cyclic N) is 1. The monoisotopic (exact) mass is 295 g/mol. The number of amides is 1. The van der Waals surface area contributed by atoms with Crippen molar-refractivity contribution in [1.29, 1.82) is 0 Å². The van der Waals surface area contributed by atoms with E-state index in [4.69, 9.17) is 4.74 Å². The molecule has 1 fully saturated rings. The summed E-state index contributed by atoms with van der Waals surface area (Å²) in [4.78, 5) is 14.8. The van der Waals surface area contributed by atoms with Gasteiger partial charge in [-0.05, 0) is 30.2 Å². The van der Waals surface area contributed by atoms with Crippen molar-refractivity contribution in [2.24, 2.45) is 5.92 Å². The van der Waals surface area contributed by atoms with Crippen LogP contribution in [0.25, 0.3) is 0 Å². The number of carbonyl (C=O) groups is 1. The average molecular weight is 295 g/mol. The summed E-state index contributed by atoms with van der Waals surface area (Å²) in [6.45, 7) is 4.86. The first kappa shape index (κ1) is 15.2. The molecule has 0 spiro atoms. The van der Waals surface area contributed by atoms with Gasteiger partial charge >= 0.3 is 0 Å². The third-order valence-electron chi connectivity index (χ3n) is 3.78. The zero-order valence-corrected chi connectivity index (χ0v) is 12.9. The lowest BCUT2D eigenvalue weighted by Crippen LogP contribution is -2.66. The highest BCUT2D eigenvalue weighted by Gasteiger charge is 2.45. The van der Waals surface area contributed by atoms with Gasteiger partial charge in [0.15, 0.2) is 0 Å². The zero-order chi connectivity index (χ0) is 14.8. The van der Waals surface area contributed by atoms with Crippen molar-refractivity contribution in [3.63, 3.8) is 0 Å². The maximum absolute atomic E-state index is 12.0. The number of benzene rings is 1. The first-order valence-corrected chi connectivity index (χ1v) is 7.70. The maximum Gasteiger partial charge on any atom is 0.233 e. The molecule has 1 heterocycles.